The Kier molecular flexibility index (Phi) is 20.4. The van der Waals surface area contributed by atoms with E-state index < -0.39 is 18.2 Å². The number of rotatable bonds is 15. The van der Waals surface area contributed by atoms with E-state index in [4.69, 9.17) is 15.2 Å². The number of amides is 4. The minimum Gasteiger partial charge on any atom is -0.520 e. The smallest absolute Gasteiger partial charge is 0.247 e. The van der Waals surface area contributed by atoms with E-state index in [1.54, 1.807) is 11.3 Å². The molecule has 1 radical (unpaired) electrons. The van der Waals surface area contributed by atoms with Crippen LogP contribution in [0.15, 0.2) is 30.3 Å². The average molecular weight is 788 g/mol. The SMILES string of the molecule is CC.CC(C)C(=O)NC(C(=O)N1CC(CN)C1)C(C)OCC1CCCCC1.CC(OCc1ccccc1)C(N[C-]=O)C(=O)N1CC2(CCC2)C1.[Y]. The third-order valence-electron chi connectivity index (χ3n) is 10.6. The molecule has 11 nitrogen and oxygen atoms in total. The largest absolute Gasteiger partial charge is 0.520 e. The Hall–Kier alpha value is -1.92. The van der Waals surface area contributed by atoms with E-state index in [-0.39, 0.29) is 62.5 Å². The van der Waals surface area contributed by atoms with Gasteiger partial charge in [-0.05, 0) is 57.6 Å². The molecule has 285 valence electrons. The van der Waals surface area contributed by atoms with Crippen LogP contribution in [0, 0.1) is 23.2 Å². The van der Waals surface area contributed by atoms with E-state index in [1.807, 2.05) is 76.8 Å². The standard InChI is InChI=1S/C19H35N3O3.C18H23N2O3.C2H6.Y/c1-13(2)18(23)21-17(19(24)22-10-16(9-20)11-22)14(3)25-12-15-7-5-4-6-8-15;1-14(23-10-15-6-3-2-4-7-15)16(19-13-21)17(22)20-11-18(12-20)8-5-9-18;1-2;/h13-17H,4-12,20H2,1-3H3,(H,21,23);2-4,6-7,14,16H,5,8-12H2,1H3,(H,19,21);1-2H3;/q;-1;;. The van der Waals surface area contributed by atoms with Crippen LogP contribution in [0.2, 0.25) is 0 Å². The minimum atomic E-state index is -0.673. The van der Waals surface area contributed by atoms with Crippen molar-refractivity contribution in [2.75, 3.05) is 39.3 Å². The summed E-state index contributed by atoms with van der Waals surface area (Å²) in [6.45, 7) is 16.0. The summed E-state index contributed by atoms with van der Waals surface area (Å²) in [5, 5.41) is 5.41. The number of likely N-dealkylation sites (tertiary alicyclic amines) is 2. The van der Waals surface area contributed by atoms with Gasteiger partial charge in [0.2, 0.25) is 17.7 Å². The summed E-state index contributed by atoms with van der Waals surface area (Å²) in [5.41, 5.74) is 7.06. The van der Waals surface area contributed by atoms with E-state index in [0.717, 1.165) is 18.7 Å². The molecule has 1 spiro atoms. The summed E-state index contributed by atoms with van der Waals surface area (Å²) >= 11 is 0. The molecule has 2 heterocycles. The van der Waals surface area contributed by atoms with Crippen molar-refractivity contribution in [1.29, 1.82) is 0 Å². The molecule has 2 aliphatic carbocycles. The first-order chi connectivity index (χ1) is 24.1. The molecule has 0 aromatic heterocycles. The molecule has 2 aliphatic heterocycles. The number of carbonyl (C=O) groups is 3. The van der Waals surface area contributed by atoms with Crippen LogP contribution in [-0.2, 0) is 68.0 Å². The van der Waals surface area contributed by atoms with Crippen LogP contribution in [-0.4, -0.2) is 97.6 Å². The Morgan fingerprint density at radius 1 is 0.863 bits per heavy atom. The van der Waals surface area contributed by atoms with Crippen LogP contribution in [0.1, 0.15) is 98.5 Å². The molecule has 12 heteroatoms. The molecule has 2 saturated heterocycles. The van der Waals surface area contributed by atoms with Crippen molar-refractivity contribution in [2.45, 2.75) is 124 Å². The average Bonchev–Trinajstić information content (AvgIpc) is 3.07. The van der Waals surface area contributed by atoms with Crippen LogP contribution in [0.25, 0.3) is 0 Å². The van der Waals surface area contributed by atoms with Gasteiger partial charge in [-0.3, -0.25) is 14.4 Å². The molecular formula is C39H64N5O6Y-. The molecule has 1 aromatic carbocycles. The zero-order chi connectivity index (χ0) is 36.7. The van der Waals surface area contributed by atoms with E-state index >= 15 is 0 Å². The summed E-state index contributed by atoms with van der Waals surface area (Å²) in [4.78, 5) is 52.0. The summed E-state index contributed by atoms with van der Waals surface area (Å²) < 4.78 is 11.8. The second-order valence-electron chi connectivity index (χ2n) is 14.8. The Morgan fingerprint density at radius 3 is 1.98 bits per heavy atom. The van der Waals surface area contributed by atoms with Crippen LogP contribution < -0.4 is 16.4 Å². The van der Waals surface area contributed by atoms with Crippen LogP contribution in [0.4, 0.5) is 0 Å². The van der Waals surface area contributed by atoms with E-state index in [0.29, 0.717) is 50.1 Å². The fraction of sp³-hybridized carbons (Fsp3) is 0.744. The van der Waals surface area contributed by atoms with E-state index in [2.05, 4.69) is 10.6 Å². The predicted octanol–water partition coefficient (Wildman–Crippen LogP) is 4.18. The van der Waals surface area contributed by atoms with Gasteiger partial charge < -0.3 is 40.4 Å². The van der Waals surface area contributed by atoms with Gasteiger partial charge in [-0.15, -0.1) is 0 Å². The van der Waals surface area contributed by atoms with Crippen LogP contribution >= 0.6 is 0 Å². The molecule has 2 saturated carbocycles. The quantitative estimate of drug-likeness (QED) is 0.179. The molecule has 51 heavy (non-hydrogen) atoms. The predicted molar refractivity (Wildman–Crippen MR) is 195 cm³/mol. The molecule has 4 amide bonds. The van der Waals surface area contributed by atoms with Gasteiger partial charge in [0, 0.05) is 82.7 Å². The molecule has 4 fully saturated rings. The van der Waals surface area contributed by atoms with E-state index in [1.165, 1.54) is 51.4 Å². The Balaban J connectivity index is 0.000000332. The van der Waals surface area contributed by atoms with Crippen molar-refractivity contribution < 1.29 is 61.4 Å². The van der Waals surface area contributed by atoms with Gasteiger partial charge in [0.1, 0.15) is 12.1 Å². The maximum Gasteiger partial charge on any atom is 0.247 e. The maximum absolute atomic E-state index is 12.8. The first-order valence-electron chi connectivity index (χ1n) is 19.0. The second-order valence-corrected chi connectivity index (χ2v) is 14.8. The molecular weight excluding hydrogens is 723 g/mol. The van der Waals surface area contributed by atoms with Crippen molar-refractivity contribution >= 4 is 24.1 Å². The van der Waals surface area contributed by atoms with Crippen LogP contribution in [0.5, 0.6) is 0 Å². The molecule has 5 rings (SSSR count). The molecule has 4 aliphatic rings. The molecule has 1 aromatic rings. The minimum absolute atomic E-state index is 0. The number of hydrogen-bond donors (Lipinski definition) is 3. The van der Waals surface area contributed by atoms with Crippen molar-refractivity contribution in [1.82, 2.24) is 20.4 Å². The van der Waals surface area contributed by atoms with E-state index in [9.17, 15) is 19.2 Å². The number of ether oxygens (including phenoxy) is 2. The van der Waals surface area contributed by atoms with Gasteiger partial charge in [0.25, 0.3) is 0 Å². The normalized spacial score (nSPS) is 20.2. The van der Waals surface area contributed by atoms with Crippen molar-refractivity contribution in [3.63, 3.8) is 0 Å². The first-order valence-corrected chi connectivity index (χ1v) is 19.0. The maximum atomic E-state index is 12.8. The fourth-order valence-electron chi connectivity index (χ4n) is 6.98. The van der Waals surface area contributed by atoms with Crippen molar-refractivity contribution in [3.8, 4) is 0 Å². The van der Waals surface area contributed by atoms with Crippen molar-refractivity contribution in [3.05, 3.63) is 35.9 Å². The topological polar surface area (TPSA) is 143 Å². The Morgan fingerprint density at radius 2 is 1.45 bits per heavy atom. The first kappa shape index (κ1) is 45.2. The van der Waals surface area contributed by atoms with Gasteiger partial charge in [-0.1, -0.05) is 83.7 Å². The number of carbonyl (C=O) groups excluding carboxylic acids is 4. The zero-order valence-electron chi connectivity index (χ0n) is 32.0. The van der Waals surface area contributed by atoms with Crippen molar-refractivity contribution in [2.24, 2.45) is 28.9 Å². The summed E-state index contributed by atoms with van der Waals surface area (Å²) in [5.74, 6) is 0.583. The number of hydrogen-bond acceptors (Lipinski definition) is 7. The number of nitrogens with two attached hydrogens (primary N) is 1. The number of benzene rings is 1. The second kappa shape index (κ2) is 23.0. The van der Waals surface area contributed by atoms with Gasteiger partial charge in [-0.25, -0.2) is 0 Å². The van der Waals surface area contributed by atoms with Gasteiger partial charge in [0.05, 0.1) is 18.8 Å². The summed E-state index contributed by atoms with van der Waals surface area (Å²) in [6, 6.07) is 8.49. The molecule has 4 unspecified atom stereocenters. The van der Waals surface area contributed by atoms with Gasteiger partial charge >= 0.3 is 0 Å². The molecule has 4 atom stereocenters. The monoisotopic (exact) mass is 787 g/mol. The third kappa shape index (κ3) is 13.5. The zero-order valence-corrected chi connectivity index (χ0v) is 34.9. The molecule has 4 N–H and O–H groups in total. The molecule has 0 bridgehead atoms. The number of nitrogens with zero attached hydrogens (tertiary/aromatic N) is 2. The fourth-order valence-corrected chi connectivity index (χ4v) is 6.98. The third-order valence-corrected chi connectivity index (χ3v) is 10.6. The van der Waals surface area contributed by atoms with Gasteiger partial charge in [0.15, 0.2) is 0 Å². The summed E-state index contributed by atoms with van der Waals surface area (Å²) in [6.07, 6.45) is 10.9. The van der Waals surface area contributed by atoms with Crippen LogP contribution in [0.3, 0.4) is 0 Å². The Bertz CT molecular complexity index is 1180. The number of nitrogens with one attached hydrogen (secondary N) is 2. The summed E-state index contributed by atoms with van der Waals surface area (Å²) in [7, 11) is 0. The Labute approximate surface area is 332 Å². The van der Waals surface area contributed by atoms with Gasteiger partial charge in [-0.2, -0.15) is 6.41 Å².